The second-order valence-electron chi connectivity index (χ2n) is 4.60. The van der Waals surface area contributed by atoms with Gasteiger partial charge in [-0.1, -0.05) is 0 Å². The highest BCUT2D eigenvalue weighted by molar-refractivity contribution is 5.06. The lowest BCUT2D eigenvalue weighted by atomic mass is 9.97. The lowest BCUT2D eigenvalue weighted by molar-refractivity contribution is 0.0115. The molecule has 1 heterocycles. The molecule has 3 N–H and O–H groups in total. The van der Waals surface area contributed by atoms with Gasteiger partial charge >= 0.3 is 0 Å². The zero-order chi connectivity index (χ0) is 12.2. The van der Waals surface area contributed by atoms with Gasteiger partial charge in [-0.3, -0.25) is 16.0 Å². The first-order valence-electron chi connectivity index (χ1n) is 5.49. The number of nitrogens with two attached hydrogens (primary N) is 1. The molecule has 0 aliphatic rings. The van der Waals surface area contributed by atoms with Crippen molar-refractivity contribution in [2.75, 3.05) is 7.11 Å². The number of hydrogen-bond donors (Lipinski definition) is 2. The first kappa shape index (κ1) is 13.2. The van der Waals surface area contributed by atoms with Crippen LogP contribution < -0.4 is 11.3 Å². The standard InChI is InChI=1S/C11H22N4O/c1-11(2,16-4)7-5-9(14-12)10-6-8-13-15(10)3/h6,8-9,14H,5,7,12H2,1-4H3. The number of rotatable bonds is 6. The summed E-state index contributed by atoms with van der Waals surface area (Å²) in [6.07, 6.45) is 3.63. The fourth-order valence-electron chi connectivity index (χ4n) is 1.64. The molecule has 1 aromatic heterocycles. The lowest BCUT2D eigenvalue weighted by Crippen LogP contribution is -2.32. The molecule has 0 amide bonds. The van der Waals surface area contributed by atoms with Crippen LogP contribution in [0.1, 0.15) is 38.4 Å². The van der Waals surface area contributed by atoms with Gasteiger partial charge in [-0.05, 0) is 32.8 Å². The molecule has 1 atom stereocenters. The Bertz CT molecular complexity index is 322. The van der Waals surface area contributed by atoms with Crippen molar-refractivity contribution in [3.05, 3.63) is 18.0 Å². The SMILES string of the molecule is COC(C)(C)CCC(NN)c1ccnn1C. The molecule has 1 aromatic rings. The van der Waals surface area contributed by atoms with Crippen molar-refractivity contribution in [1.29, 1.82) is 0 Å². The molecule has 5 heteroatoms. The summed E-state index contributed by atoms with van der Waals surface area (Å²) in [4.78, 5) is 0. The molecule has 0 radical (unpaired) electrons. The molecule has 5 nitrogen and oxygen atoms in total. The number of hydrogen-bond acceptors (Lipinski definition) is 4. The van der Waals surface area contributed by atoms with Crippen molar-refractivity contribution < 1.29 is 4.74 Å². The van der Waals surface area contributed by atoms with Gasteiger partial charge in [-0.2, -0.15) is 5.10 Å². The van der Waals surface area contributed by atoms with Gasteiger partial charge in [0.25, 0.3) is 0 Å². The molecular weight excluding hydrogens is 204 g/mol. The van der Waals surface area contributed by atoms with Gasteiger partial charge in [-0.15, -0.1) is 0 Å². The molecular formula is C11H22N4O. The number of aromatic nitrogens is 2. The van der Waals surface area contributed by atoms with Crippen LogP contribution in [0.4, 0.5) is 0 Å². The van der Waals surface area contributed by atoms with Gasteiger partial charge in [0.2, 0.25) is 0 Å². The minimum atomic E-state index is -0.117. The number of nitrogens with zero attached hydrogens (tertiary/aromatic N) is 2. The van der Waals surface area contributed by atoms with Crippen molar-refractivity contribution in [1.82, 2.24) is 15.2 Å². The van der Waals surface area contributed by atoms with Crippen LogP contribution in [0.2, 0.25) is 0 Å². The zero-order valence-electron chi connectivity index (χ0n) is 10.5. The van der Waals surface area contributed by atoms with E-state index in [1.54, 1.807) is 13.3 Å². The van der Waals surface area contributed by atoms with Gasteiger partial charge in [0.15, 0.2) is 0 Å². The third-order valence-corrected chi connectivity index (χ3v) is 3.00. The van der Waals surface area contributed by atoms with E-state index in [9.17, 15) is 0 Å². The number of nitrogens with one attached hydrogen (secondary N) is 1. The van der Waals surface area contributed by atoms with E-state index in [1.165, 1.54) is 0 Å². The highest BCUT2D eigenvalue weighted by Crippen LogP contribution is 2.23. The highest BCUT2D eigenvalue weighted by atomic mass is 16.5. The summed E-state index contributed by atoms with van der Waals surface area (Å²) in [6.45, 7) is 4.15. The van der Waals surface area contributed by atoms with Crippen molar-refractivity contribution in [2.45, 2.75) is 38.3 Å². The summed E-state index contributed by atoms with van der Waals surface area (Å²) in [5, 5.41) is 4.14. The first-order valence-corrected chi connectivity index (χ1v) is 5.49. The van der Waals surface area contributed by atoms with Crippen LogP contribution in [0.3, 0.4) is 0 Å². The Morgan fingerprint density at radius 1 is 1.62 bits per heavy atom. The fourth-order valence-corrected chi connectivity index (χ4v) is 1.64. The van der Waals surface area contributed by atoms with E-state index in [0.717, 1.165) is 18.5 Å². The van der Waals surface area contributed by atoms with E-state index in [4.69, 9.17) is 10.6 Å². The average molecular weight is 226 g/mol. The van der Waals surface area contributed by atoms with Crippen molar-refractivity contribution in [3.8, 4) is 0 Å². The number of aryl methyl sites for hydroxylation is 1. The van der Waals surface area contributed by atoms with Gasteiger partial charge in [0, 0.05) is 20.4 Å². The molecule has 0 saturated heterocycles. The lowest BCUT2D eigenvalue weighted by Gasteiger charge is -2.25. The third-order valence-electron chi connectivity index (χ3n) is 3.00. The summed E-state index contributed by atoms with van der Waals surface area (Å²) in [5.41, 5.74) is 3.80. The monoisotopic (exact) mass is 226 g/mol. The predicted octanol–water partition coefficient (Wildman–Crippen LogP) is 1.13. The van der Waals surface area contributed by atoms with E-state index < -0.39 is 0 Å². The first-order chi connectivity index (χ1) is 7.50. The van der Waals surface area contributed by atoms with Crippen LogP contribution in [0, 0.1) is 0 Å². The van der Waals surface area contributed by atoms with Crippen LogP contribution in [-0.2, 0) is 11.8 Å². The minimum Gasteiger partial charge on any atom is -0.379 e. The van der Waals surface area contributed by atoms with E-state index in [-0.39, 0.29) is 11.6 Å². The Labute approximate surface area is 96.9 Å². The van der Waals surface area contributed by atoms with Crippen LogP contribution in [0.25, 0.3) is 0 Å². The third kappa shape index (κ3) is 3.30. The van der Waals surface area contributed by atoms with Gasteiger partial charge in [0.05, 0.1) is 17.3 Å². The normalized spacial score (nSPS) is 14.1. The highest BCUT2D eigenvalue weighted by Gasteiger charge is 2.20. The second-order valence-corrected chi connectivity index (χ2v) is 4.60. The van der Waals surface area contributed by atoms with E-state index in [1.807, 2.05) is 17.8 Å². The Morgan fingerprint density at radius 2 is 2.31 bits per heavy atom. The minimum absolute atomic E-state index is 0.113. The average Bonchev–Trinajstić information content (AvgIpc) is 2.66. The van der Waals surface area contributed by atoms with E-state index in [0.29, 0.717) is 0 Å². The van der Waals surface area contributed by atoms with Gasteiger partial charge in [-0.25, -0.2) is 0 Å². The topological polar surface area (TPSA) is 65.1 Å². The van der Waals surface area contributed by atoms with E-state index in [2.05, 4.69) is 24.4 Å². The molecule has 0 spiro atoms. The van der Waals surface area contributed by atoms with Gasteiger partial charge in [0.1, 0.15) is 0 Å². The molecule has 0 aliphatic heterocycles. The molecule has 92 valence electrons. The summed E-state index contributed by atoms with van der Waals surface area (Å²) in [7, 11) is 3.65. The molecule has 0 bridgehead atoms. The largest absolute Gasteiger partial charge is 0.379 e. The summed E-state index contributed by atoms with van der Waals surface area (Å²) >= 11 is 0. The molecule has 0 saturated carbocycles. The van der Waals surface area contributed by atoms with Crippen molar-refractivity contribution in [2.24, 2.45) is 12.9 Å². The summed E-state index contributed by atoms with van der Waals surface area (Å²) in [5.74, 6) is 5.57. The van der Waals surface area contributed by atoms with Crippen LogP contribution >= 0.6 is 0 Å². The smallest absolute Gasteiger partial charge is 0.0630 e. The van der Waals surface area contributed by atoms with E-state index >= 15 is 0 Å². The van der Waals surface area contributed by atoms with Crippen molar-refractivity contribution in [3.63, 3.8) is 0 Å². The Hall–Kier alpha value is -0.910. The number of methoxy groups -OCH3 is 1. The Kier molecular flexibility index (Phi) is 4.46. The fraction of sp³-hybridized carbons (Fsp3) is 0.727. The second kappa shape index (κ2) is 5.43. The maximum absolute atomic E-state index is 5.57. The summed E-state index contributed by atoms with van der Waals surface area (Å²) in [6, 6.07) is 2.09. The maximum atomic E-state index is 5.57. The molecule has 0 aromatic carbocycles. The Morgan fingerprint density at radius 3 is 2.75 bits per heavy atom. The number of ether oxygens (including phenoxy) is 1. The molecule has 0 fully saturated rings. The summed E-state index contributed by atoms with van der Waals surface area (Å²) < 4.78 is 7.23. The number of hydrazine groups is 1. The zero-order valence-corrected chi connectivity index (χ0v) is 10.5. The van der Waals surface area contributed by atoms with Crippen LogP contribution in [0.15, 0.2) is 12.3 Å². The van der Waals surface area contributed by atoms with Crippen LogP contribution in [-0.4, -0.2) is 22.5 Å². The van der Waals surface area contributed by atoms with Gasteiger partial charge < -0.3 is 4.74 Å². The van der Waals surface area contributed by atoms with Crippen LogP contribution in [0.5, 0.6) is 0 Å². The Balaban J connectivity index is 2.60. The maximum Gasteiger partial charge on any atom is 0.0630 e. The molecule has 16 heavy (non-hydrogen) atoms. The molecule has 1 rings (SSSR count). The molecule has 0 aliphatic carbocycles. The predicted molar refractivity (Wildman–Crippen MR) is 63.6 cm³/mol. The van der Waals surface area contributed by atoms with Crippen molar-refractivity contribution >= 4 is 0 Å². The quantitative estimate of drug-likeness (QED) is 0.564. The molecule has 1 unspecified atom stereocenters.